The topological polar surface area (TPSA) is 55.4 Å². The Hall–Kier alpha value is -2.04. The number of ether oxygens (including phenoxy) is 1. The summed E-state index contributed by atoms with van der Waals surface area (Å²) in [6, 6.07) is 11.4. The van der Waals surface area contributed by atoms with Crippen molar-refractivity contribution in [3.8, 4) is 5.75 Å². The molecule has 0 aliphatic carbocycles. The molecule has 108 valence electrons. The fourth-order valence-corrected chi connectivity index (χ4v) is 2.09. The van der Waals surface area contributed by atoms with Crippen LogP contribution in [0.3, 0.4) is 0 Å². The molecule has 0 spiro atoms. The number of carbonyl (C=O) groups is 2. The lowest BCUT2D eigenvalue weighted by atomic mass is 10.2. The molecule has 0 unspecified atom stereocenters. The minimum Gasteiger partial charge on any atom is -0.483 e. The van der Waals surface area contributed by atoms with Crippen LogP contribution in [0.15, 0.2) is 42.5 Å². The van der Waals surface area contributed by atoms with Gasteiger partial charge in [-0.05, 0) is 30.3 Å². The molecule has 6 heteroatoms. The predicted octanol–water partition coefficient (Wildman–Crippen LogP) is 3.82. The Morgan fingerprint density at radius 1 is 1.19 bits per heavy atom. The average Bonchev–Trinajstić information content (AvgIpc) is 2.48. The molecule has 0 aromatic heterocycles. The van der Waals surface area contributed by atoms with Gasteiger partial charge in [0.15, 0.2) is 12.9 Å². The Labute approximate surface area is 131 Å². The van der Waals surface area contributed by atoms with E-state index in [1.54, 1.807) is 36.4 Å². The van der Waals surface area contributed by atoms with Crippen molar-refractivity contribution < 1.29 is 14.3 Å². The highest BCUT2D eigenvalue weighted by molar-refractivity contribution is 6.36. The molecule has 0 aliphatic rings. The van der Waals surface area contributed by atoms with Gasteiger partial charge in [-0.3, -0.25) is 9.59 Å². The number of para-hydroxylation sites is 1. The molecule has 21 heavy (non-hydrogen) atoms. The number of hydrogen-bond acceptors (Lipinski definition) is 3. The summed E-state index contributed by atoms with van der Waals surface area (Å²) in [6.07, 6.45) is 0.670. The molecule has 1 amide bonds. The smallest absolute Gasteiger partial charge is 0.262 e. The molecule has 0 bridgehead atoms. The summed E-state index contributed by atoms with van der Waals surface area (Å²) in [5.41, 5.74) is 0.827. The van der Waals surface area contributed by atoms with Gasteiger partial charge in [0.2, 0.25) is 0 Å². The van der Waals surface area contributed by atoms with E-state index in [-0.39, 0.29) is 12.5 Å². The van der Waals surface area contributed by atoms with Crippen LogP contribution >= 0.6 is 23.2 Å². The van der Waals surface area contributed by atoms with Crippen LogP contribution in [0.25, 0.3) is 0 Å². The summed E-state index contributed by atoms with van der Waals surface area (Å²) in [5, 5.41) is 3.42. The number of carbonyl (C=O) groups excluding carboxylic acids is 2. The zero-order chi connectivity index (χ0) is 15.2. The largest absolute Gasteiger partial charge is 0.483 e. The monoisotopic (exact) mass is 323 g/mol. The van der Waals surface area contributed by atoms with E-state index in [4.69, 9.17) is 27.9 Å². The average molecular weight is 324 g/mol. The molecule has 2 rings (SSSR count). The summed E-state index contributed by atoms with van der Waals surface area (Å²) in [7, 11) is 0. The summed E-state index contributed by atoms with van der Waals surface area (Å²) in [6.45, 7) is -0.232. The second kappa shape index (κ2) is 7.11. The van der Waals surface area contributed by atoms with Crippen LogP contribution in [-0.4, -0.2) is 18.8 Å². The van der Waals surface area contributed by atoms with Gasteiger partial charge in [0, 0.05) is 5.02 Å². The van der Waals surface area contributed by atoms with Gasteiger partial charge < -0.3 is 10.1 Å². The van der Waals surface area contributed by atoms with E-state index in [1.807, 2.05) is 0 Å². The standard InChI is InChI=1S/C15H11Cl2NO3/c16-11-5-6-13(12(17)7-11)18-15(20)9-21-14-4-2-1-3-10(14)8-19/h1-8H,9H2,(H,18,20). The number of anilines is 1. The Morgan fingerprint density at radius 3 is 2.67 bits per heavy atom. The molecule has 2 aromatic rings. The van der Waals surface area contributed by atoms with Crippen molar-refractivity contribution in [1.29, 1.82) is 0 Å². The van der Waals surface area contributed by atoms with Crippen LogP contribution in [0.4, 0.5) is 5.69 Å². The van der Waals surface area contributed by atoms with Gasteiger partial charge in [-0.2, -0.15) is 0 Å². The van der Waals surface area contributed by atoms with Gasteiger partial charge in [0.1, 0.15) is 5.75 Å². The number of hydrogen-bond donors (Lipinski definition) is 1. The molecule has 4 nitrogen and oxygen atoms in total. The van der Waals surface area contributed by atoms with Crippen LogP contribution in [0.5, 0.6) is 5.75 Å². The summed E-state index contributed by atoms with van der Waals surface area (Å²) in [4.78, 5) is 22.6. The Morgan fingerprint density at radius 2 is 1.95 bits per heavy atom. The Balaban J connectivity index is 1.97. The van der Waals surface area contributed by atoms with Gasteiger partial charge in [-0.25, -0.2) is 0 Å². The molecule has 0 aliphatic heterocycles. The summed E-state index contributed by atoms with van der Waals surface area (Å²) < 4.78 is 5.31. The first-order chi connectivity index (χ1) is 10.1. The molecule has 0 fully saturated rings. The Bertz CT molecular complexity index is 674. The molecule has 0 atom stereocenters. The van der Waals surface area contributed by atoms with Crippen LogP contribution in [0.1, 0.15) is 10.4 Å². The van der Waals surface area contributed by atoms with Crippen molar-refractivity contribution in [3.63, 3.8) is 0 Å². The lowest BCUT2D eigenvalue weighted by Crippen LogP contribution is -2.20. The number of halogens is 2. The summed E-state index contributed by atoms with van der Waals surface area (Å²) in [5.74, 6) is -0.0372. The van der Waals surface area contributed by atoms with Gasteiger partial charge in [-0.1, -0.05) is 35.3 Å². The predicted molar refractivity (Wildman–Crippen MR) is 82.4 cm³/mol. The van der Waals surface area contributed by atoms with E-state index in [1.165, 1.54) is 6.07 Å². The van der Waals surface area contributed by atoms with E-state index >= 15 is 0 Å². The number of amides is 1. The minimum atomic E-state index is -0.389. The van der Waals surface area contributed by atoms with Crippen molar-refractivity contribution in [2.24, 2.45) is 0 Å². The van der Waals surface area contributed by atoms with Gasteiger partial charge in [-0.15, -0.1) is 0 Å². The highest BCUT2D eigenvalue weighted by atomic mass is 35.5. The van der Waals surface area contributed by atoms with E-state index in [9.17, 15) is 9.59 Å². The quantitative estimate of drug-likeness (QED) is 0.851. The molecule has 1 N–H and O–H groups in total. The molecule has 2 aromatic carbocycles. The maximum absolute atomic E-state index is 11.8. The number of benzene rings is 2. The third kappa shape index (κ3) is 4.21. The number of rotatable bonds is 5. The minimum absolute atomic E-state index is 0.232. The maximum Gasteiger partial charge on any atom is 0.262 e. The third-order valence-corrected chi connectivity index (χ3v) is 3.16. The maximum atomic E-state index is 11.8. The van der Waals surface area contributed by atoms with Crippen molar-refractivity contribution in [2.45, 2.75) is 0 Å². The zero-order valence-corrected chi connectivity index (χ0v) is 12.3. The highest BCUT2D eigenvalue weighted by Crippen LogP contribution is 2.25. The first-order valence-electron chi connectivity index (χ1n) is 6.02. The molecular formula is C15H11Cl2NO3. The van der Waals surface area contributed by atoms with Crippen molar-refractivity contribution in [3.05, 3.63) is 58.1 Å². The van der Waals surface area contributed by atoms with Crippen LogP contribution in [-0.2, 0) is 4.79 Å². The second-order valence-electron chi connectivity index (χ2n) is 4.12. The normalized spacial score (nSPS) is 10.0. The number of nitrogens with one attached hydrogen (secondary N) is 1. The lowest BCUT2D eigenvalue weighted by molar-refractivity contribution is -0.118. The van der Waals surface area contributed by atoms with Crippen LogP contribution < -0.4 is 10.1 Å². The zero-order valence-electron chi connectivity index (χ0n) is 10.8. The van der Waals surface area contributed by atoms with Crippen molar-refractivity contribution in [2.75, 3.05) is 11.9 Å². The first-order valence-corrected chi connectivity index (χ1v) is 6.77. The SMILES string of the molecule is O=Cc1ccccc1OCC(=O)Nc1ccc(Cl)cc1Cl. The summed E-state index contributed by atoms with van der Waals surface area (Å²) >= 11 is 11.7. The lowest BCUT2D eigenvalue weighted by Gasteiger charge is -2.10. The molecule has 0 radical (unpaired) electrons. The van der Waals surface area contributed by atoms with E-state index < -0.39 is 0 Å². The number of aldehydes is 1. The molecular weight excluding hydrogens is 313 g/mol. The first kappa shape index (κ1) is 15.4. The molecule has 0 saturated carbocycles. The van der Waals surface area contributed by atoms with Crippen LogP contribution in [0.2, 0.25) is 10.0 Å². The van der Waals surface area contributed by atoms with Crippen molar-refractivity contribution >= 4 is 41.1 Å². The fraction of sp³-hybridized carbons (Fsp3) is 0.0667. The van der Waals surface area contributed by atoms with Crippen molar-refractivity contribution in [1.82, 2.24) is 0 Å². The van der Waals surface area contributed by atoms with Crippen LogP contribution in [0, 0.1) is 0 Å². The fourth-order valence-electron chi connectivity index (χ4n) is 1.63. The van der Waals surface area contributed by atoms with E-state index in [0.29, 0.717) is 33.3 Å². The van der Waals surface area contributed by atoms with E-state index in [0.717, 1.165) is 0 Å². The van der Waals surface area contributed by atoms with Gasteiger partial charge in [0.05, 0.1) is 16.3 Å². The van der Waals surface area contributed by atoms with E-state index in [2.05, 4.69) is 5.32 Å². The molecule has 0 saturated heterocycles. The third-order valence-electron chi connectivity index (χ3n) is 2.61. The Kier molecular flexibility index (Phi) is 5.20. The van der Waals surface area contributed by atoms with Gasteiger partial charge >= 0.3 is 0 Å². The van der Waals surface area contributed by atoms with Gasteiger partial charge in [0.25, 0.3) is 5.91 Å². The molecule has 0 heterocycles. The second-order valence-corrected chi connectivity index (χ2v) is 4.96. The highest BCUT2D eigenvalue weighted by Gasteiger charge is 2.08.